The summed E-state index contributed by atoms with van der Waals surface area (Å²) in [5, 5.41) is 14.6. The molecule has 2 heterocycles. The monoisotopic (exact) mass is 698 g/mol. The maximum Gasteiger partial charge on any atom is 0.357 e. The minimum absolute atomic E-state index is 0.283. The summed E-state index contributed by atoms with van der Waals surface area (Å²) in [5.74, 6) is 0.975. The molecule has 0 saturated heterocycles. The Morgan fingerprint density at radius 1 is 0.736 bits per heavy atom. The minimum Gasteiger partial charge on any atom is -0.461 e. The van der Waals surface area contributed by atoms with Crippen molar-refractivity contribution >= 4 is 11.5 Å². The van der Waals surface area contributed by atoms with Gasteiger partial charge < -0.3 is 9.30 Å². The molecule has 0 saturated carbocycles. The molecule has 0 fully saturated rings. The number of tetrazole rings is 1. The van der Waals surface area contributed by atoms with Gasteiger partial charge in [-0.25, -0.2) is 9.78 Å². The molecule has 7 rings (SSSR count). The van der Waals surface area contributed by atoms with Crippen molar-refractivity contribution in [1.29, 1.82) is 0 Å². The molecule has 0 atom stereocenters. The van der Waals surface area contributed by atoms with Gasteiger partial charge in [0.2, 0.25) is 5.82 Å². The highest BCUT2D eigenvalue weighted by Gasteiger charge is 2.41. The van der Waals surface area contributed by atoms with Crippen molar-refractivity contribution < 1.29 is 9.53 Å². The second kappa shape index (κ2) is 15.5. The fourth-order valence-electron chi connectivity index (χ4n) is 7.04. The maximum atomic E-state index is 13.2. The number of esters is 1. The summed E-state index contributed by atoms with van der Waals surface area (Å²) in [7, 11) is 0. The van der Waals surface area contributed by atoms with E-state index in [0.29, 0.717) is 23.8 Å². The van der Waals surface area contributed by atoms with E-state index in [-0.39, 0.29) is 12.6 Å². The van der Waals surface area contributed by atoms with Crippen molar-refractivity contribution in [3.05, 3.63) is 186 Å². The van der Waals surface area contributed by atoms with E-state index >= 15 is 0 Å². The third-order valence-corrected chi connectivity index (χ3v) is 9.46. The quantitative estimate of drug-likeness (QED) is 0.0882. The molecular formula is C45H42N6O2. The van der Waals surface area contributed by atoms with Gasteiger partial charge in [0.25, 0.3) is 0 Å². The molecule has 7 aromatic rings. The Kier molecular flexibility index (Phi) is 10.2. The van der Waals surface area contributed by atoms with Crippen molar-refractivity contribution in [3.8, 4) is 22.5 Å². The Morgan fingerprint density at radius 3 is 1.81 bits per heavy atom. The van der Waals surface area contributed by atoms with E-state index in [4.69, 9.17) is 25.1 Å². The first-order chi connectivity index (χ1) is 25.9. The fourth-order valence-corrected chi connectivity index (χ4v) is 7.04. The molecule has 0 bridgehead atoms. The van der Waals surface area contributed by atoms with E-state index in [1.807, 2.05) is 91.2 Å². The number of ether oxygens (including phenoxy) is 1. The van der Waals surface area contributed by atoms with Gasteiger partial charge in [0, 0.05) is 18.5 Å². The lowest BCUT2D eigenvalue weighted by Crippen LogP contribution is -2.39. The average Bonchev–Trinajstić information content (AvgIpc) is 3.83. The number of aryl methyl sites for hydroxylation is 1. The van der Waals surface area contributed by atoms with Crippen LogP contribution < -0.4 is 0 Å². The van der Waals surface area contributed by atoms with Gasteiger partial charge in [0.15, 0.2) is 11.2 Å². The normalized spacial score (nSPS) is 11.4. The van der Waals surface area contributed by atoms with Crippen LogP contribution in [0.3, 0.4) is 0 Å². The number of aromatic nitrogens is 6. The van der Waals surface area contributed by atoms with Gasteiger partial charge in [-0.2, -0.15) is 0 Å². The predicted octanol–water partition coefficient (Wildman–Crippen LogP) is 9.25. The molecular weight excluding hydrogens is 657 g/mol. The van der Waals surface area contributed by atoms with Crippen LogP contribution in [0.5, 0.6) is 0 Å². The Labute approximate surface area is 310 Å². The SMILES string of the molecule is C=C(C)c1nc(CCC)n(Cc2ccc(-c3ccccc3-c3nnn(C(c4ccccc4)(c4ccccc4)c4ccccc4)n3)cc2)c1C(=O)OCC. The van der Waals surface area contributed by atoms with Crippen LogP contribution in [0, 0.1) is 0 Å². The standard InChI is InChI=1S/C45H42N6O2/c1-5-18-40-46-41(32(3)4)42(44(52)53-6-2)50(40)31-33-27-29-34(30-28-33)38-25-16-17-26-39(38)43-47-49-51(48-43)45(35-19-10-7-11-20-35,36-21-12-8-13-22-36)37-23-14-9-15-24-37/h7-17,19-30H,3,5-6,18,31H2,1-2,4H3. The van der Waals surface area contributed by atoms with Gasteiger partial charge >= 0.3 is 5.97 Å². The van der Waals surface area contributed by atoms with Crippen molar-refractivity contribution in [3.63, 3.8) is 0 Å². The molecule has 0 unspecified atom stereocenters. The number of carbonyl (C=O) groups is 1. The van der Waals surface area contributed by atoms with Crippen molar-refractivity contribution in [2.45, 2.75) is 45.7 Å². The van der Waals surface area contributed by atoms with Crippen LogP contribution in [-0.2, 0) is 23.2 Å². The topological polar surface area (TPSA) is 87.7 Å². The smallest absolute Gasteiger partial charge is 0.357 e. The Balaban J connectivity index is 1.28. The first kappa shape index (κ1) is 35.0. The van der Waals surface area contributed by atoms with Gasteiger partial charge in [-0.15, -0.1) is 15.0 Å². The van der Waals surface area contributed by atoms with Crippen LogP contribution in [0.4, 0.5) is 0 Å². The molecule has 8 heteroatoms. The lowest BCUT2D eigenvalue weighted by Gasteiger charge is -2.34. The van der Waals surface area contributed by atoms with Crippen LogP contribution >= 0.6 is 0 Å². The Hall–Kier alpha value is -6.41. The van der Waals surface area contributed by atoms with Gasteiger partial charge in [-0.05, 0) is 64.4 Å². The summed E-state index contributed by atoms with van der Waals surface area (Å²) in [6, 6.07) is 47.5. The van der Waals surface area contributed by atoms with Crippen LogP contribution in [-0.4, -0.2) is 42.3 Å². The van der Waals surface area contributed by atoms with Crippen LogP contribution in [0.1, 0.15) is 71.5 Å². The van der Waals surface area contributed by atoms with Crippen LogP contribution in [0.25, 0.3) is 28.1 Å². The number of imidazole rings is 1. The Bertz CT molecular complexity index is 2230. The van der Waals surface area contributed by atoms with E-state index in [1.54, 1.807) is 4.80 Å². The Morgan fingerprint density at radius 2 is 1.28 bits per heavy atom. The van der Waals surface area contributed by atoms with Crippen LogP contribution in [0.15, 0.2) is 146 Å². The molecule has 0 aliphatic carbocycles. The zero-order valence-electron chi connectivity index (χ0n) is 30.3. The summed E-state index contributed by atoms with van der Waals surface area (Å²) in [6.07, 6.45) is 1.63. The third kappa shape index (κ3) is 6.71. The molecule has 0 radical (unpaired) electrons. The average molecular weight is 699 g/mol. The highest BCUT2D eigenvalue weighted by molar-refractivity contribution is 5.93. The van der Waals surface area contributed by atoms with Gasteiger partial charge in [0.1, 0.15) is 5.82 Å². The van der Waals surface area contributed by atoms with Gasteiger partial charge in [-0.3, -0.25) is 0 Å². The number of allylic oxidation sites excluding steroid dienone is 1. The summed E-state index contributed by atoms with van der Waals surface area (Å²) >= 11 is 0. The number of hydrogen-bond donors (Lipinski definition) is 0. The molecule has 0 aliphatic rings. The minimum atomic E-state index is -0.873. The van der Waals surface area contributed by atoms with Crippen molar-refractivity contribution in [2.75, 3.05) is 6.61 Å². The number of nitrogens with zero attached hydrogens (tertiary/aromatic N) is 6. The summed E-state index contributed by atoms with van der Waals surface area (Å²) in [6.45, 7) is 10.6. The number of rotatable bonds is 13. The first-order valence-electron chi connectivity index (χ1n) is 18.0. The zero-order chi connectivity index (χ0) is 36.8. The maximum absolute atomic E-state index is 13.2. The molecule has 264 valence electrons. The summed E-state index contributed by atoms with van der Waals surface area (Å²) in [5.41, 5.74) is 7.84. The zero-order valence-corrected chi connectivity index (χ0v) is 30.3. The van der Waals surface area contributed by atoms with Crippen molar-refractivity contribution in [1.82, 2.24) is 29.8 Å². The molecule has 0 spiro atoms. The summed E-state index contributed by atoms with van der Waals surface area (Å²) < 4.78 is 7.44. The van der Waals surface area contributed by atoms with E-state index in [0.717, 1.165) is 63.2 Å². The van der Waals surface area contributed by atoms with E-state index < -0.39 is 5.54 Å². The second-order valence-electron chi connectivity index (χ2n) is 13.0. The van der Waals surface area contributed by atoms with E-state index in [2.05, 4.69) is 80.2 Å². The molecule has 0 N–H and O–H groups in total. The highest BCUT2D eigenvalue weighted by atomic mass is 16.5. The van der Waals surface area contributed by atoms with Gasteiger partial charge in [0.05, 0.1) is 12.3 Å². The summed E-state index contributed by atoms with van der Waals surface area (Å²) in [4.78, 5) is 19.8. The molecule has 0 amide bonds. The first-order valence-corrected chi connectivity index (χ1v) is 18.0. The lowest BCUT2D eigenvalue weighted by atomic mass is 9.77. The van der Waals surface area contributed by atoms with E-state index in [9.17, 15) is 4.79 Å². The number of hydrogen-bond acceptors (Lipinski definition) is 6. The highest BCUT2D eigenvalue weighted by Crippen LogP contribution is 2.40. The van der Waals surface area contributed by atoms with Crippen molar-refractivity contribution in [2.24, 2.45) is 0 Å². The molecule has 8 nitrogen and oxygen atoms in total. The fraction of sp³-hybridized carbons (Fsp3) is 0.178. The molecule has 5 aromatic carbocycles. The third-order valence-electron chi connectivity index (χ3n) is 9.46. The number of benzene rings is 5. The van der Waals surface area contributed by atoms with Gasteiger partial charge in [-0.1, -0.05) is 153 Å². The number of carbonyl (C=O) groups excluding carboxylic acids is 1. The second-order valence-corrected chi connectivity index (χ2v) is 13.0. The largest absolute Gasteiger partial charge is 0.461 e. The molecule has 53 heavy (non-hydrogen) atoms. The lowest BCUT2D eigenvalue weighted by molar-refractivity contribution is 0.0513. The van der Waals surface area contributed by atoms with E-state index in [1.165, 1.54) is 0 Å². The molecule has 0 aliphatic heterocycles. The predicted molar refractivity (Wildman–Crippen MR) is 209 cm³/mol. The molecule has 2 aromatic heterocycles. The van der Waals surface area contributed by atoms with Crippen LogP contribution in [0.2, 0.25) is 0 Å².